The number of ketones is 1. The number of aromatic nitrogens is 3. The highest BCUT2D eigenvalue weighted by Gasteiger charge is 2.23. The maximum atomic E-state index is 14.1. The van der Waals surface area contributed by atoms with Gasteiger partial charge in [0.25, 0.3) is 5.56 Å². The largest absolute Gasteiger partial charge is 0.497 e. The molecule has 0 spiro atoms. The van der Waals surface area contributed by atoms with Crippen LogP contribution in [-0.4, -0.2) is 39.9 Å². The predicted molar refractivity (Wildman–Crippen MR) is 171 cm³/mol. The second-order valence-electron chi connectivity index (χ2n) is 9.41. The minimum Gasteiger partial charge on any atom is -0.497 e. The Labute approximate surface area is 258 Å². The van der Waals surface area contributed by atoms with Crippen LogP contribution < -0.4 is 20.7 Å². The van der Waals surface area contributed by atoms with Gasteiger partial charge in [0, 0.05) is 11.5 Å². The average molecular weight is 630 g/mol. The third-order valence-electron chi connectivity index (χ3n) is 6.83. The van der Waals surface area contributed by atoms with E-state index in [2.05, 4.69) is 0 Å². The lowest BCUT2D eigenvalue weighted by Gasteiger charge is -2.15. The maximum absolute atomic E-state index is 14.1. The quantitative estimate of drug-likeness (QED) is 0.0624. The lowest BCUT2D eigenvalue weighted by atomic mass is 10.1. The van der Waals surface area contributed by atoms with Crippen LogP contribution in [-0.2, 0) is 0 Å². The van der Waals surface area contributed by atoms with Crippen molar-refractivity contribution in [2.45, 2.75) is 12.1 Å². The van der Waals surface area contributed by atoms with Gasteiger partial charge in [-0.15, -0.1) is 0 Å². The van der Waals surface area contributed by atoms with E-state index in [-0.39, 0.29) is 22.0 Å². The van der Waals surface area contributed by atoms with Gasteiger partial charge in [0.15, 0.2) is 20.5 Å². The molecular weight excluding hydrogens is 607 g/mol. The van der Waals surface area contributed by atoms with E-state index >= 15 is 0 Å². The number of hydrogen-bond donors (Lipinski definition) is 0. The molecule has 3 aromatic heterocycles. The Hall–Kier alpha value is -4.52. The van der Waals surface area contributed by atoms with Crippen molar-refractivity contribution in [1.82, 2.24) is 14.1 Å². The van der Waals surface area contributed by atoms with Gasteiger partial charge in [-0.05, 0) is 55.0 Å². The molecule has 0 saturated heterocycles. The number of nitrogens with zero attached hydrogens (tertiary/aromatic N) is 3. The van der Waals surface area contributed by atoms with Crippen LogP contribution in [0.15, 0.2) is 92.0 Å². The van der Waals surface area contributed by atoms with Crippen molar-refractivity contribution in [1.29, 1.82) is 0 Å². The molecule has 216 valence electrons. The summed E-state index contributed by atoms with van der Waals surface area (Å²) in [5.74, 6) is 0.459. The molecule has 6 aromatic rings. The second kappa shape index (κ2) is 11.6. The fourth-order valence-electron chi connectivity index (χ4n) is 4.71. The molecule has 0 aliphatic carbocycles. The van der Waals surface area contributed by atoms with Crippen molar-refractivity contribution in [2.75, 3.05) is 20.0 Å². The zero-order valence-corrected chi connectivity index (χ0v) is 25.6. The minimum absolute atomic E-state index is 0.0726. The summed E-state index contributed by atoms with van der Waals surface area (Å²) in [4.78, 5) is 45.1. The number of fused-ring (bicyclic) bond motifs is 2. The van der Waals surface area contributed by atoms with Gasteiger partial charge in [0.05, 0.1) is 31.3 Å². The Balaban J connectivity index is 1.52. The number of aryl methyl sites for hydroxylation is 1. The summed E-state index contributed by atoms with van der Waals surface area (Å²) in [5, 5.41) is 0.894. The lowest BCUT2D eigenvalue weighted by Crippen LogP contribution is -2.23. The van der Waals surface area contributed by atoms with Gasteiger partial charge in [-0.1, -0.05) is 59.5 Å². The van der Waals surface area contributed by atoms with Crippen LogP contribution in [0.2, 0.25) is 0 Å². The molecule has 0 aliphatic rings. The highest BCUT2D eigenvalue weighted by Crippen LogP contribution is 2.34. The van der Waals surface area contributed by atoms with Crippen molar-refractivity contribution in [2.24, 2.45) is 0 Å². The summed E-state index contributed by atoms with van der Waals surface area (Å²) in [6, 6.07) is 21.2. The van der Waals surface area contributed by atoms with Crippen LogP contribution in [0.25, 0.3) is 32.7 Å². The molecule has 0 bridgehead atoms. The summed E-state index contributed by atoms with van der Waals surface area (Å²) >= 11 is 7.91. The van der Waals surface area contributed by atoms with Crippen molar-refractivity contribution in [3.63, 3.8) is 0 Å². The molecule has 0 amide bonds. The molecule has 0 aliphatic heterocycles. The molecule has 0 atom stereocenters. The number of methoxy groups -OCH3 is 2. The number of rotatable bonds is 8. The van der Waals surface area contributed by atoms with E-state index < -0.39 is 11.4 Å². The highest BCUT2D eigenvalue weighted by atomic mass is 32.2. The molecule has 3 aromatic carbocycles. The monoisotopic (exact) mass is 629 g/mol. The van der Waals surface area contributed by atoms with Crippen molar-refractivity contribution in [3.05, 3.63) is 109 Å². The van der Waals surface area contributed by atoms with Crippen LogP contribution in [0.5, 0.6) is 11.5 Å². The first-order chi connectivity index (χ1) is 20.8. The van der Waals surface area contributed by atoms with E-state index in [4.69, 9.17) is 31.1 Å². The zero-order chi connectivity index (χ0) is 30.2. The van der Waals surface area contributed by atoms with E-state index in [0.717, 1.165) is 28.7 Å². The molecule has 0 N–H and O–H groups in total. The van der Waals surface area contributed by atoms with Gasteiger partial charge >= 0.3 is 5.63 Å². The predicted octanol–water partition coefficient (Wildman–Crippen LogP) is 6.37. The zero-order valence-electron chi connectivity index (χ0n) is 23.2. The number of carbonyl (C=O) groups is 1. The standard InChI is InChI=1S/C31H23N3O6S3/c1-17-8-4-6-10-21(17)34-28(36)26-27(33(31(41)43-26)22-15-19(38-2)12-13-25(22)39-3)32-30(34)42-16-23(35)20-14-18-9-5-7-11-24(18)40-29(20)37/h4-15H,16H2,1-3H3. The Morgan fingerprint density at radius 3 is 2.51 bits per heavy atom. The van der Waals surface area contributed by atoms with E-state index in [9.17, 15) is 14.4 Å². The molecule has 9 nitrogen and oxygen atoms in total. The van der Waals surface area contributed by atoms with Crippen molar-refractivity contribution < 1.29 is 18.7 Å². The smallest absolute Gasteiger partial charge is 0.347 e. The third-order valence-corrected chi connectivity index (χ3v) is 9.12. The van der Waals surface area contributed by atoms with E-state index in [1.807, 2.05) is 31.2 Å². The molecule has 6 rings (SSSR count). The topological polar surface area (TPSA) is 106 Å². The Kier molecular flexibility index (Phi) is 7.74. The SMILES string of the molecule is COc1ccc(OC)c(-n2c(=S)sc3c(=O)n(-c4ccccc4C)c(SCC(=O)c4cc5ccccc5oc4=O)nc32)c1. The molecular formula is C31H23N3O6S3. The summed E-state index contributed by atoms with van der Waals surface area (Å²) in [7, 11) is 3.09. The lowest BCUT2D eigenvalue weighted by molar-refractivity contribution is 0.101. The summed E-state index contributed by atoms with van der Waals surface area (Å²) in [6.45, 7) is 1.89. The number of hydrogen-bond acceptors (Lipinski definition) is 10. The van der Waals surface area contributed by atoms with Crippen molar-refractivity contribution in [3.8, 4) is 22.9 Å². The van der Waals surface area contributed by atoms with E-state index in [1.54, 1.807) is 54.1 Å². The van der Waals surface area contributed by atoms with Crippen LogP contribution >= 0.6 is 35.3 Å². The summed E-state index contributed by atoms with van der Waals surface area (Å²) in [5.41, 5.74) is 1.59. The van der Waals surface area contributed by atoms with Crippen molar-refractivity contribution >= 4 is 62.4 Å². The average Bonchev–Trinajstić information content (AvgIpc) is 3.35. The molecule has 43 heavy (non-hydrogen) atoms. The number of para-hydroxylation sites is 2. The van der Waals surface area contributed by atoms with Crippen LogP contribution in [0, 0.1) is 10.9 Å². The molecule has 0 saturated carbocycles. The first kappa shape index (κ1) is 28.6. The fraction of sp³-hybridized carbons (Fsp3) is 0.129. The maximum Gasteiger partial charge on any atom is 0.347 e. The Bertz CT molecular complexity index is 2230. The second-order valence-corrected chi connectivity index (χ2v) is 12.0. The molecule has 0 radical (unpaired) electrons. The fourth-order valence-corrected chi connectivity index (χ4v) is 6.88. The van der Waals surface area contributed by atoms with E-state index in [1.165, 1.54) is 17.7 Å². The summed E-state index contributed by atoms with van der Waals surface area (Å²) in [6.07, 6.45) is 0. The Morgan fingerprint density at radius 2 is 1.74 bits per heavy atom. The Morgan fingerprint density at radius 1 is 0.977 bits per heavy atom. The third kappa shape index (κ3) is 5.18. The first-order valence-corrected chi connectivity index (χ1v) is 15.2. The van der Waals surface area contributed by atoms with Gasteiger partial charge in [0.2, 0.25) is 0 Å². The molecule has 3 heterocycles. The van der Waals surface area contributed by atoms with Crippen LogP contribution in [0.1, 0.15) is 15.9 Å². The van der Waals surface area contributed by atoms with Gasteiger partial charge < -0.3 is 13.9 Å². The molecule has 0 unspecified atom stereocenters. The van der Waals surface area contributed by atoms with Gasteiger partial charge in [0.1, 0.15) is 27.3 Å². The first-order valence-electron chi connectivity index (χ1n) is 13.0. The number of benzene rings is 3. The van der Waals surface area contributed by atoms with Crippen LogP contribution in [0.3, 0.4) is 0 Å². The number of thiazole rings is 1. The van der Waals surface area contributed by atoms with Crippen LogP contribution in [0.4, 0.5) is 0 Å². The molecule has 12 heteroatoms. The number of ether oxygens (including phenoxy) is 2. The van der Waals surface area contributed by atoms with E-state index in [0.29, 0.717) is 48.1 Å². The van der Waals surface area contributed by atoms with Gasteiger partial charge in [-0.3, -0.25) is 18.7 Å². The number of Topliss-reactive ketones (excluding diaryl/α,β-unsaturated/α-hetero) is 1. The highest BCUT2D eigenvalue weighted by molar-refractivity contribution is 7.99. The number of thioether (sulfide) groups is 1. The minimum atomic E-state index is -0.722. The van der Waals surface area contributed by atoms with Gasteiger partial charge in [-0.25, -0.2) is 9.78 Å². The van der Waals surface area contributed by atoms with Gasteiger partial charge in [-0.2, -0.15) is 0 Å². The molecule has 0 fully saturated rings. The summed E-state index contributed by atoms with van der Waals surface area (Å²) < 4.78 is 20.3. The number of carbonyl (C=O) groups excluding carboxylic acids is 1. The normalized spacial score (nSPS) is 11.2.